The van der Waals surface area contributed by atoms with Crippen LogP contribution in [0.1, 0.15) is 51.3 Å². The van der Waals surface area contributed by atoms with E-state index in [2.05, 4.69) is 0 Å². The standard InChI is InChI=1S/C20H22O8/c1-8-17(24)12(20(28-5)16(10(3)22)18(8)25)6-11-13(23)7-14(27-4)15(9(2)21)19(11)26/h7,23-26H,6H2,1-5H3. The van der Waals surface area contributed by atoms with Gasteiger partial charge in [-0.15, -0.1) is 0 Å². The molecule has 0 heterocycles. The van der Waals surface area contributed by atoms with Crippen molar-refractivity contribution in [2.45, 2.75) is 27.2 Å². The average Bonchev–Trinajstić information content (AvgIpc) is 2.62. The van der Waals surface area contributed by atoms with E-state index < -0.39 is 23.1 Å². The number of carbonyl (C=O) groups is 2. The van der Waals surface area contributed by atoms with Crippen LogP contribution in [0.4, 0.5) is 0 Å². The van der Waals surface area contributed by atoms with Crippen LogP contribution in [0.15, 0.2) is 6.07 Å². The Morgan fingerprint density at radius 2 is 1.43 bits per heavy atom. The summed E-state index contributed by atoms with van der Waals surface area (Å²) in [6, 6.07) is 1.18. The van der Waals surface area contributed by atoms with Gasteiger partial charge in [0.05, 0.1) is 14.2 Å². The second-order valence-electron chi connectivity index (χ2n) is 6.30. The Kier molecular flexibility index (Phi) is 5.72. The number of rotatable bonds is 6. The Balaban J connectivity index is 2.82. The van der Waals surface area contributed by atoms with Crippen LogP contribution in [0.25, 0.3) is 0 Å². The monoisotopic (exact) mass is 390 g/mol. The fourth-order valence-electron chi connectivity index (χ4n) is 3.13. The fourth-order valence-corrected chi connectivity index (χ4v) is 3.13. The molecule has 0 aliphatic rings. The van der Waals surface area contributed by atoms with Gasteiger partial charge in [-0.3, -0.25) is 9.59 Å². The zero-order valence-corrected chi connectivity index (χ0v) is 16.2. The molecule has 0 aromatic heterocycles. The van der Waals surface area contributed by atoms with Crippen molar-refractivity contribution in [1.82, 2.24) is 0 Å². The normalized spacial score (nSPS) is 10.6. The summed E-state index contributed by atoms with van der Waals surface area (Å²) in [6.07, 6.45) is -0.279. The number of hydrogen-bond donors (Lipinski definition) is 4. The molecule has 0 fully saturated rings. The van der Waals surface area contributed by atoms with Crippen molar-refractivity contribution in [2.75, 3.05) is 14.2 Å². The van der Waals surface area contributed by atoms with Gasteiger partial charge in [0, 0.05) is 29.2 Å². The molecule has 0 spiro atoms. The molecule has 8 nitrogen and oxygen atoms in total. The van der Waals surface area contributed by atoms with E-state index in [1.807, 2.05) is 0 Å². The highest BCUT2D eigenvalue weighted by molar-refractivity contribution is 6.02. The number of benzene rings is 2. The minimum atomic E-state index is -0.513. The lowest BCUT2D eigenvalue weighted by Crippen LogP contribution is -2.06. The number of aromatic hydroxyl groups is 4. The summed E-state index contributed by atoms with van der Waals surface area (Å²) >= 11 is 0. The van der Waals surface area contributed by atoms with Crippen molar-refractivity contribution in [3.05, 3.63) is 33.9 Å². The highest BCUT2D eigenvalue weighted by Crippen LogP contribution is 2.46. The van der Waals surface area contributed by atoms with Gasteiger partial charge in [0.25, 0.3) is 0 Å². The Morgan fingerprint density at radius 1 is 0.857 bits per heavy atom. The number of ketones is 2. The molecule has 0 unspecified atom stereocenters. The smallest absolute Gasteiger partial charge is 0.167 e. The average molecular weight is 390 g/mol. The van der Waals surface area contributed by atoms with Gasteiger partial charge in [-0.2, -0.15) is 0 Å². The van der Waals surface area contributed by atoms with Crippen molar-refractivity contribution < 1.29 is 39.5 Å². The summed E-state index contributed by atoms with van der Waals surface area (Å²) in [4.78, 5) is 23.9. The van der Waals surface area contributed by atoms with Gasteiger partial charge in [0.15, 0.2) is 11.6 Å². The van der Waals surface area contributed by atoms with Crippen molar-refractivity contribution >= 4 is 11.6 Å². The zero-order chi connectivity index (χ0) is 21.3. The molecule has 0 amide bonds. The van der Waals surface area contributed by atoms with Gasteiger partial charge in [0.2, 0.25) is 0 Å². The number of carbonyl (C=O) groups excluding carboxylic acids is 2. The molecule has 8 heteroatoms. The predicted octanol–water partition coefficient (Wildman–Crippen LogP) is 2.83. The molecular weight excluding hydrogens is 368 g/mol. The molecule has 0 saturated heterocycles. The molecule has 28 heavy (non-hydrogen) atoms. The van der Waals surface area contributed by atoms with Crippen LogP contribution in [0.5, 0.6) is 34.5 Å². The van der Waals surface area contributed by atoms with Crippen molar-refractivity contribution in [3.8, 4) is 34.5 Å². The molecule has 0 radical (unpaired) electrons. The maximum absolute atomic E-state index is 12.0. The molecule has 150 valence electrons. The van der Waals surface area contributed by atoms with Crippen LogP contribution >= 0.6 is 0 Å². The van der Waals surface area contributed by atoms with Crippen molar-refractivity contribution in [3.63, 3.8) is 0 Å². The van der Waals surface area contributed by atoms with Crippen LogP contribution in [0, 0.1) is 6.92 Å². The summed E-state index contributed by atoms with van der Waals surface area (Å²) in [6.45, 7) is 3.87. The van der Waals surface area contributed by atoms with Crippen molar-refractivity contribution in [1.29, 1.82) is 0 Å². The SMILES string of the molecule is COc1cc(O)c(Cc2c(O)c(C)c(O)c(C(C)=O)c2OC)c(O)c1C(C)=O. The van der Waals surface area contributed by atoms with E-state index >= 15 is 0 Å². The van der Waals surface area contributed by atoms with E-state index in [-0.39, 0.29) is 57.2 Å². The minimum absolute atomic E-state index is 0.00579. The molecule has 2 rings (SSSR count). The molecule has 2 aromatic rings. The topological polar surface area (TPSA) is 134 Å². The van der Waals surface area contributed by atoms with Gasteiger partial charge >= 0.3 is 0 Å². The number of hydrogen-bond acceptors (Lipinski definition) is 8. The zero-order valence-electron chi connectivity index (χ0n) is 16.2. The lowest BCUT2D eigenvalue weighted by molar-refractivity contribution is 0.0998. The molecule has 0 saturated carbocycles. The number of Topliss-reactive ketones (excluding diaryl/α,β-unsaturated/α-hetero) is 2. The van der Waals surface area contributed by atoms with Crippen molar-refractivity contribution in [2.24, 2.45) is 0 Å². The molecule has 2 aromatic carbocycles. The maximum Gasteiger partial charge on any atom is 0.167 e. The molecule has 0 aliphatic heterocycles. The van der Waals surface area contributed by atoms with Crippen LogP contribution in [0.3, 0.4) is 0 Å². The lowest BCUT2D eigenvalue weighted by atomic mass is 9.92. The lowest BCUT2D eigenvalue weighted by Gasteiger charge is -2.19. The highest BCUT2D eigenvalue weighted by atomic mass is 16.5. The molecule has 4 N–H and O–H groups in total. The van der Waals surface area contributed by atoms with E-state index in [1.54, 1.807) is 0 Å². The second kappa shape index (κ2) is 7.67. The maximum atomic E-state index is 12.0. The molecule has 0 atom stereocenters. The van der Waals surface area contributed by atoms with Gasteiger partial charge in [-0.25, -0.2) is 0 Å². The first-order valence-electron chi connectivity index (χ1n) is 8.31. The number of methoxy groups -OCH3 is 2. The summed E-state index contributed by atoms with van der Waals surface area (Å²) in [5.74, 6) is -2.75. The molecule has 0 aliphatic carbocycles. The van der Waals surface area contributed by atoms with Gasteiger partial charge in [-0.1, -0.05) is 0 Å². The number of phenols is 4. The summed E-state index contributed by atoms with van der Waals surface area (Å²) in [7, 11) is 2.55. The van der Waals surface area contributed by atoms with E-state index in [0.717, 1.165) is 0 Å². The Labute approximate surface area is 161 Å². The minimum Gasteiger partial charge on any atom is -0.507 e. The third kappa shape index (κ3) is 3.28. The third-order valence-corrected chi connectivity index (χ3v) is 4.56. The van der Waals surface area contributed by atoms with Gasteiger partial charge in [0.1, 0.15) is 45.6 Å². The first-order valence-corrected chi connectivity index (χ1v) is 8.31. The molecular formula is C20H22O8. The van der Waals surface area contributed by atoms with Gasteiger partial charge in [-0.05, 0) is 20.8 Å². The van der Waals surface area contributed by atoms with Crippen LogP contribution in [-0.2, 0) is 6.42 Å². The Bertz CT molecular complexity index is 975. The van der Waals surface area contributed by atoms with Crippen LogP contribution in [-0.4, -0.2) is 46.2 Å². The first kappa shape index (κ1) is 20.9. The number of phenolic OH excluding ortho intramolecular Hbond substituents is 4. The predicted molar refractivity (Wildman–Crippen MR) is 100 cm³/mol. The van der Waals surface area contributed by atoms with E-state index in [4.69, 9.17) is 9.47 Å². The summed E-state index contributed by atoms with van der Waals surface area (Å²) < 4.78 is 10.3. The van der Waals surface area contributed by atoms with Crippen LogP contribution < -0.4 is 9.47 Å². The Hall–Kier alpha value is -3.42. The van der Waals surface area contributed by atoms with E-state index in [9.17, 15) is 30.0 Å². The fraction of sp³-hybridized carbons (Fsp3) is 0.300. The first-order chi connectivity index (χ1) is 13.1. The highest BCUT2D eigenvalue weighted by Gasteiger charge is 2.28. The largest absolute Gasteiger partial charge is 0.507 e. The van der Waals surface area contributed by atoms with Crippen LogP contribution in [0.2, 0.25) is 0 Å². The molecule has 0 bridgehead atoms. The summed E-state index contributed by atoms with van der Waals surface area (Å²) in [5, 5.41) is 41.6. The quantitative estimate of drug-likeness (QED) is 0.553. The third-order valence-electron chi connectivity index (χ3n) is 4.56. The number of ether oxygens (including phenoxy) is 2. The van der Waals surface area contributed by atoms with E-state index in [1.165, 1.54) is 41.1 Å². The van der Waals surface area contributed by atoms with Gasteiger partial charge < -0.3 is 29.9 Å². The van der Waals surface area contributed by atoms with E-state index in [0.29, 0.717) is 0 Å². The Morgan fingerprint density at radius 3 is 1.89 bits per heavy atom. The second-order valence-corrected chi connectivity index (χ2v) is 6.30. The summed E-state index contributed by atoms with van der Waals surface area (Å²) in [5.41, 5.74) is -0.226.